The molecule has 0 saturated carbocycles. The molecule has 0 heterocycles. The molecule has 1 unspecified atom stereocenters. The molecule has 2 aromatic rings. The Morgan fingerprint density at radius 1 is 1.00 bits per heavy atom. The van der Waals surface area contributed by atoms with Crippen molar-refractivity contribution in [1.29, 1.82) is 0 Å². The summed E-state index contributed by atoms with van der Waals surface area (Å²) in [5.74, 6) is -1.07. The molecule has 0 bridgehead atoms. The maximum Gasteiger partial charge on any atom is 0.352 e. The Morgan fingerprint density at radius 2 is 1.58 bits per heavy atom. The Bertz CT molecular complexity index is 583. The third-order valence-corrected chi connectivity index (χ3v) is 3.95. The first-order valence-electron chi connectivity index (χ1n) is 5.59. The third kappa shape index (κ3) is 3.82. The van der Waals surface area contributed by atoms with Gasteiger partial charge in [-0.15, -0.1) is 0 Å². The van der Waals surface area contributed by atoms with E-state index in [1.807, 2.05) is 0 Å². The van der Waals surface area contributed by atoms with Crippen LogP contribution in [-0.2, 0) is 4.57 Å². The Labute approximate surface area is 116 Å². The highest BCUT2D eigenvalue weighted by Crippen LogP contribution is 2.51. The van der Waals surface area contributed by atoms with Crippen molar-refractivity contribution < 1.29 is 14.4 Å². The van der Waals surface area contributed by atoms with Crippen LogP contribution in [0.1, 0.15) is 11.3 Å². The highest BCUT2D eigenvalue weighted by Gasteiger charge is 2.30. The second-order valence-corrected chi connectivity index (χ2v) is 6.18. The van der Waals surface area contributed by atoms with Gasteiger partial charge in [0.25, 0.3) is 0 Å². The Hall–Kier alpha value is -1.32. The molecule has 0 aliphatic heterocycles. The van der Waals surface area contributed by atoms with E-state index in [0.29, 0.717) is 16.3 Å². The van der Waals surface area contributed by atoms with E-state index in [4.69, 9.17) is 11.6 Å². The molecule has 0 spiro atoms. The zero-order valence-corrected chi connectivity index (χ0v) is 11.6. The van der Waals surface area contributed by atoms with E-state index >= 15 is 0 Å². The van der Waals surface area contributed by atoms with Gasteiger partial charge in [-0.05, 0) is 29.8 Å². The van der Waals surface area contributed by atoms with E-state index in [1.54, 1.807) is 54.6 Å². The van der Waals surface area contributed by atoms with Gasteiger partial charge in [-0.25, -0.2) is 0 Å². The maximum absolute atomic E-state index is 11.6. The second-order valence-electron chi connectivity index (χ2n) is 4.05. The van der Waals surface area contributed by atoms with Gasteiger partial charge in [0.1, 0.15) is 0 Å². The number of nitrogens with one attached hydrogen (secondary N) is 1. The van der Waals surface area contributed by atoms with E-state index < -0.39 is 13.4 Å². The van der Waals surface area contributed by atoms with Crippen molar-refractivity contribution >= 4 is 24.9 Å². The molecule has 1 atom stereocenters. The van der Waals surface area contributed by atoms with E-state index in [-0.39, 0.29) is 0 Å². The summed E-state index contributed by atoms with van der Waals surface area (Å²) in [4.78, 5) is 18.9. The second kappa shape index (κ2) is 5.76. The number of anilines is 1. The molecule has 0 fully saturated rings. The lowest BCUT2D eigenvalue weighted by Crippen LogP contribution is -2.11. The van der Waals surface area contributed by atoms with Gasteiger partial charge in [0.2, 0.25) is 0 Å². The van der Waals surface area contributed by atoms with Crippen LogP contribution in [0.25, 0.3) is 0 Å². The fraction of sp³-hybridized carbons (Fsp3) is 0.0769. The van der Waals surface area contributed by atoms with Crippen LogP contribution in [-0.4, -0.2) is 9.79 Å². The predicted molar refractivity (Wildman–Crippen MR) is 76.3 cm³/mol. The molecule has 0 aromatic heterocycles. The minimum atomic E-state index is -4.32. The normalized spacial score (nSPS) is 13.0. The fourth-order valence-corrected chi connectivity index (χ4v) is 2.70. The number of rotatable bonds is 4. The van der Waals surface area contributed by atoms with Crippen molar-refractivity contribution in [2.24, 2.45) is 0 Å². The first-order chi connectivity index (χ1) is 8.97. The highest BCUT2D eigenvalue weighted by atomic mass is 35.5. The van der Waals surface area contributed by atoms with Gasteiger partial charge in [0, 0.05) is 10.7 Å². The van der Waals surface area contributed by atoms with Gasteiger partial charge in [0.15, 0.2) is 5.78 Å². The summed E-state index contributed by atoms with van der Waals surface area (Å²) >= 11 is 5.77. The van der Waals surface area contributed by atoms with Crippen molar-refractivity contribution in [1.82, 2.24) is 0 Å². The lowest BCUT2D eigenvalue weighted by molar-refractivity contribution is 0.363. The van der Waals surface area contributed by atoms with Crippen molar-refractivity contribution in [3.05, 3.63) is 65.2 Å². The van der Waals surface area contributed by atoms with Crippen LogP contribution >= 0.6 is 19.2 Å². The van der Waals surface area contributed by atoms with Crippen LogP contribution in [0, 0.1) is 0 Å². The van der Waals surface area contributed by atoms with Crippen LogP contribution in [0.15, 0.2) is 54.6 Å². The van der Waals surface area contributed by atoms with Crippen LogP contribution in [0.3, 0.4) is 0 Å². The number of hydrogen-bond acceptors (Lipinski definition) is 2. The van der Waals surface area contributed by atoms with Gasteiger partial charge in [-0.2, -0.15) is 0 Å². The Kier molecular flexibility index (Phi) is 4.27. The number of hydrogen-bond donors (Lipinski definition) is 3. The summed E-state index contributed by atoms with van der Waals surface area (Å²) in [5.41, 5.74) is 1.13. The summed E-state index contributed by atoms with van der Waals surface area (Å²) in [5, 5.41) is 3.41. The molecule has 4 nitrogen and oxygen atoms in total. The van der Waals surface area contributed by atoms with Crippen molar-refractivity contribution in [2.45, 2.75) is 5.78 Å². The van der Waals surface area contributed by atoms with Crippen LogP contribution in [0.2, 0.25) is 5.02 Å². The molecule has 0 aliphatic rings. The van der Waals surface area contributed by atoms with E-state index in [0.717, 1.165) is 0 Å². The predicted octanol–water partition coefficient (Wildman–Crippen LogP) is 3.63. The van der Waals surface area contributed by atoms with E-state index in [1.165, 1.54) is 0 Å². The molecular weight excluding hydrogens is 285 g/mol. The summed E-state index contributed by atoms with van der Waals surface area (Å²) < 4.78 is 11.6. The van der Waals surface area contributed by atoms with E-state index in [9.17, 15) is 14.4 Å². The third-order valence-electron chi connectivity index (χ3n) is 2.60. The molecule has 2 rings (SSSR count). The average molecular weight is 298 g/mol. The van der Waals surface area contributed by atoms with Gasteiger partial charge < -0.3 is 15.1 Å². The zero-order valence-electron chi connectivity index (χ0n) is 9.90. The molecule has 2 aromatic carbocycles. The Morgan fingerprint density at radius 3 is 2.11 bits per heavy atom. The molecular formula is C13H13ClNO3P. The zero-order chi connectivity index (χ0) is 13.9. The van der Waals surface area contributed by atoms with Gasteiger partial charge in [-0.1, -0.05) is 41.9 Å². The van der Waals surface area contributed by atoms with E-state index in [2.05, 4.69) is 5.32 Å². The fourth-order valence-electron chi connectivity index (χ4n) is 1.70. The van der Waals surface area contributed by atoms with Gasteiger partial charge in [0.05, 0.1) is 0 Å². The molecule has 3 N–H and O–H groups in total. The minimum absolute atomic E-state index is 0.533. The molecule has 6 heteroatoms. The molecule has 100 valence electrons. The minimum Gasteiger partial charge on any atom is -0.368 e. The van der Waals surface area contributed by atoms with Gasteiger partial charge >= 0.3 is 7.60 Å². The summed E-state index contributed by atoms with van der Waals surface area (Å²) in [7, 11) is -4.32. The standard InChI is InChI=1S/C13H13ClNO3P/c14-11-6-8-12(9-7-11)15-13(19(16,17)18)10-4-2-1-3-5-10/h1-9,13,15H,(H2,16,17,18). The molecule has 0 amide bonds. The lowest BCUT2D eigenvalue weighted by Gasteiger charge is -2.21. The monoisotopic (exact) mass is 297 g/mol. The molecule has 0 radical (unpaired) electrons. The lowest BCUT2D eigenvalue weighted by atomic mass is 10.2. The van der Waals surface area contributed by atoms with Gasteiger partial charge in [-0.3, -0.25) is 4.57 Å². The highest BCUT2D eigenvalue weighted by molar-refractivity contribution is 7.52. The average Bonchev–Trinajstić information content (AvgIpc) is 2.37. The van der Waals surface area contributed by atoms with Crippen LogP contribution in [0.4, 0.5) is 5.69 Å². The SMILES string of the molecule is O=P(O)(O)C(Nc1ccc(Cl)cc1)c1ccccc1. The quantitative estimate of drug-likeness (QED) is 0.754. The van der Waals surface area contributed by atoms with Crippen molar-refractivity contribution in [2.75, 3.05) is 5.32 Å². The molecule has 19 heavy (non-hydrogen) atoms. The smallest absolute Gasteiger partial charge is 0.352 e. The van der Waals surface area contributed by atoms with Crippen LogP contribution in [0.5, 0.6) is 0 Å². The largest absolute Gasteiger partial charge is 0.368 e. The molecule has 0 aliphatic carbocycles. The van der Waals surface area contributed by atoms with Crippen molar-refractivity contribution in [3.63, 3.8) is 0 Å². The van der Waals surface area contributed by atoms with Crippen molar-refractivity contribution in [3.8, 4) is 0 Å². The van der Waals surface area contributed by atoms with Crippen LogP contribution < -0.4 is 5.32 Å². The molecule has 0 saturated heterocycles. The summed E-state index contributed by atoms with van der Waals surface area (Å²) in [6.45, 7) is 0. The first-order valence-corrected chi connectivity index (χ1v) is 7.65. The number of benzene rings is 2. The number of halogens is 1. The maximum atomic E-state index is 11.6. The topological polar surface area (TPSA) is 69.6 Å². The Balaban J connectivity index is 2.30. The summed E-state index contributed by atoms with van der Waals surface area (Å²) in [6.07, 6.45) is 0. The summed E-state index contributed by atoms with van der Waals surface area (Å²) in [6, 6.07) is 15.3. The first kappa shape index (κ1) is 14.1.